The van der Waals surface area contributed by atoms with Crippen molar-refractivity contribution in [3.8, 4) is 0 Å². The molecule has 0 amide bonds. The van der Waals surface area contributed by atoms with Gasteiger partial charge in [0.25, 0.3) is 5.69 Å². The third-order valence-electron chi connectivity index (χ3n) is 7.27. The van der Waals surface area contributed by atoms with Crippen LogP contribution in [-0.4, -0.2) is 27.8 Å². The Hall–Kier alpha value is -4.06. The second kappa shape index (κ2) is 9.53. The van der Waals surface area contributed by atoms with Crippen molar-refractivity contribution in [2.24, 2.45) is 0 Å². The second-order valence-electron chi connectivity index (χ2n) is 9.44. The largest absolute Gasteiger partial charge is 0.278 e. The zero-order chi connectivity index (χ0) is 24.5. The quantitative estimate of drug-likeness (QED) is 0.198. The fraction of sp³-hybridized carbons (Fsp3) is 0.161. The van der Waals surface area contributed by atoms with E-state index in [-0.39, 0.29) is 16.8 Å². The summed E-state index contributed by atoms with van der Waals surface area (Å²) in [7, 11) is 0. The van der Waals surface area contributed by atoms with E-state index in [1.807, 2.05) is 12.1 Å². The number of hydrogen-bond acceptors (Lipinski definition) is 4. The maximum Gasteiger partial charge on any atom is 0.269 e. The number of benzene rings is 5. The van der Waals surface area contributed by atoms with Gasteiger partial charge in [0.2, 0.25) is 0 Å². The van der Waals surface area contributed by atoms with Crippen LogP contribution in [-0.2, 0) is 13.1 Å². The van der Waals surface area contributed by atoms with Crippen LogP contribution < -0.4 is 0 Å². The molecule has 0 atom stereocenters. The van der Waals surface area contributed by atoms with Gasteiger partial charge in [0.05, 0.1) is 11.1 Å². The van der Waals surface area contributed by atoms with Crippen LogP contribution in [0.4, 0.5) is 5.69 Å². The lowest BCUT2D eigenvalue weighted by atomic mass is 10.0. The molecule has 1 aliphatic rings. The van der Waals surface area contributed by atoms with Gasteiger partial charge in [-0.25, -0.2) is 0 Å². The lowest BCUT2D eigenvalue weighted by molar-refractivity contribution is -0.384. The fourth-order valence-corrected chi connectivity index (χ4v) is 5.55. The summed E-state index contributed by atoms with van der Waals surface area (Å²) in [6.45, 7) is 3.48. The van der Waals surface area contributed by atoms with Gasteiger partial charge in [0.15, 0.2) is 0 Å². The Morgan fingerprint density at radius 1 is 0.639 bits per heavy atom. The summed E-state index contributed by atoms with van der Waals surface area (Å²) in [4.78, 5) is 15.9. The van der Waals surface area contributed by atoms with Crippen molar-refractivity contribution in [3.05, 3.63) is 136 Å². The van der Waals surface area contributed by atoms with E-state index < -0.39 is 0 Å². The van der Waals surface area contributed by atoms with Crippen LogP contribution in [0.3, 0.4) is 0 Å². The third kappa shape index (κ3) is 4.24. The molecule has 1 saturated heterocycles. The van der Waals surface area contributed by atoms with Gasteiger partial charge in [0.1, 0.15) is 0 Å². The summed E-state index contributed by atoms with van der Waals surface area (Å²) in [5.41, 5.74) is 3.80. The number of fused-ring (bicyclic) bond motifs is 2. The molecular weight excluding hydrogens is 446 g/mol. The molecule has 0 spiro atoms. The molecule has 0 radical (unpaired) electrons. The Labute approximate surface area is 210 Å². The summed E-state index contributed by atoms with van der Waals surface area (Å²) < 4.78 is 0. The molecule has 36 heavy (non-hydrogen) atoms. The minimum atomic E-state index is -0.333. The first-order chi connectivity index (χ1) is 17.7. The van der Waals surface area contributed by atoms with Crippen molar-refractivity contribution in [2.45, 2.75) is 19.3 Å². The van der Waals surface area contributed by atoms with Gasteiger partial charge in [0, 0.05) is 38.3 Å². The molecule has 5 aromatic carbocycles. The number of hydrogen-bond donors (Lipinski definition) is 0. The summed E-state index contributed by atoms with van der Waals surface area (Å²) in [6, 6.07) is 37.1. The highest BCUT2D eigenvalue weighted by Crippen LogP contribution is 2.35. The summed E-state index contributed by atoms with van der Waals surface area (Å²) in [5.74, 6) is 0. The van der Waals surface area contributed by atoms with Crippen molar-refractivity contribution in [1.29, 1.82) is 0 Å². The van der Waals surface area contributed by atoms with Crippen LogP contribution in [0.1, 0.15) is 22.9 Å². The molecule has 5 heteroatoms. The van der Waals surface area contributed by atoms with E-state index in [0.29, 0.717) is 0 Å². The lowest BCUT2D eigenvalue weighted by Crippen LogP contribution is -2.30. The van der Waals surface area contributed by atoms with Gasteiger partial charge in [-0.3, -0.25) is 19.9 Å². The van der Waals surface area contributed by atoms with E-state index >= 15 is 0 Å². The monoisotopic (exact) mass is 473 g/mol. The molecule has 0 unspecified atom stereocenters. The average molecular weight is 474 g/mol. The highest BCUT2D eigenvalue weighted by molar-refractivity contribution is 5.86. The molecule has 0 aromatic heterocycles. The Morgan fingerprint density at radius 2 is 1.11 bits per heavy atom. The average Bonchev–Trinajstić information content (AvgIpc) is 3.31. The third-order valence-corrected chi connectivity index (χ3v) is 7.27. The molecule has 6 rings (SSSR count). The van der Waals surface area contributed by atoms with Crippen molar-refractivity contribution in [3.63, 3.8) is 0 Å². The van der Waals surface area contributed by atoms with E-state index in [4.69, 9.17) is 0 Å². The molecular formula is C31H27N3O2. The highest BCUT2D eigenvalue weighted by atomic mass is 16.6. The first-order valence-electron chi connectivity index (χ1n) is 12.3. The van der Waals surface area contributed by atoms with Gasteiger partial charge in [-0.05, 0) is 50.4 Å². The number of nitrogens with zero attached hydrogens (tertiary/aromatic N) is 3. The lowest BCUT2D eigenvalue weighted by Gasteiger charge is -2.31. The van der Waals surface area contributed by atoms with Gasteiger partial charge < -0.3 is 0 Å². The van der Waals surface area contributed by atoms with Gasteiger partial charge in [-0.1, -0.05) is 84.9 Å². The number of nitro benzene ring substituents is 1. The molecule has 178 valence electrons. The Kier molecular flexibility index (Phi) is 5.93. The standard InChI is InChI=1S/C31H27N3O2/c35-34(36)28-17-15-25(16-18-28)31-32(21-26-11-5-9-23-7-1-3-13-29(23)26)19-20-33(31)22-27-12-6-10-24-8-2-4-14-30(24)27/h1-18,31H,19-22H2. The van der Waals surface area contributed by atoms with Crippen LogP contribution in [0.5, 0.6) is 0 Å². The molecule has 0 aliphatic carbocycles. The van der Waals surface area contributed by atoms with Crippen molar-refractivity contribution in [1.82, 2.24) is 9.80 Å². The second-order valence-corrected chi connectivity index (χ2v) is 9.44. The Balaban J connectivity index is 1.37. The Morgan fingerprint density at radius 3 is 1.61 bits per heavy atom. The fourth-order valence-electron chi connectivity index (χ4n) is 5.55. The summed E-state index contributed by atoms with van der Waals surface area (Å²) in [6.07, 6.45) is 0.0312. The first kappa shape index (κ1) is 22.4. The zero-order valence-corrected chi connectivity index (χ0v) is 20.0. The molecule has 0 N–H and O–H groups in total. The molecule has 0 saturated carbocycles. The van der Waals surface area contributed by atoms with Crippen LogP contribution in [0.15, 0.2) is 109 Å². The SMILES string of the molecule is O=[N+]([O-])c1ccc(C2N(Cc3cccc4ccccc34)CCN2Cc2cccc3ccccc23)cc1. The van der Waals surface area contributed by atoms with E-state index in [9.17, 15) is 10.1 Å². The minimum absolute atomic E-state index is 0.0312. The molecule has 0 bridgehead atoms. The van der Waals surface area contributed by atoms with Gasteiger partial charge >= 0.3 is 0 Å². The predicted octanol–water partition coefficient (Wildman–Crippen LogP) is 6.92. The highest BCUT2D eigenvalue weighted by Gasteiger charge is 2.33. The van der Waals surface area contributed by atoms with Crippen LogP contribution in [0.25, 0.3) is 21.5 Å². The molecule has 1 aliphatic heterocycles. The predicted molar refractivity (Wildman–Crippen MR) is 145 cm³/mol. The minimum Gasteiger partial charge on any atom is -0.278 e. The topological polar surface area (TPSA) is 49.6 Å². The van der Waals surface area contributed by atoms with Crippen LogP contribution in [0.2, 0.25) is 0 Å². The first-order valence-corrected chi connectivity index (χ1v) is 12.3. The van der Waals surface area contributed by atoms with E-state index in [1.165, 1.54) is 32.7 Å². The van der Waals surface area contributed by atoms with E-state index in [0.717, 1.165) is 31.7 Å². The smallest absolute Gasteiger partial charge is 0.269 e. The Bertz CT molecular complexity index is 1450. The molecule has 1 heterocycles. The van der Waals surface area contributed by atoms with Crippen molar-refractivity contribution in [2.75, 3.05) is 13.1 Å². The molecule has 5 nitrogen and oxygen atoms in total. The van der Waals surface area contributed by atoms with Gasteiger partial charge in [-0.15, -0.1) is 0 Å². The van der Waals surface area contributed by atoms with E-state index in [2.05, 4.69) is 94.7 Å². The van der Waals surface area contributed by atoms with Crippen LogP contribution >= 0.6 is 0 Å². The van der Waals surface area contributed by atoms with Crippen molar-refractivity contribution < 1.29 is 4.92 Å². The summed E-state index contributed by atoms with van der Waals surface area (Å²) >= 11 is 0. The normalized spacial score (nSPS) is 15.1. The summed E-state index contributed by atoms with van der Waals surface area (Å²) in [5, 5.41) is 16.3. The molecule has 5 aromatic rings. The maximum absolute atomic E-state index is 11.3. The van der Waals surface area contributed by atoms with E-state index in [1.54, 1.807) is 12.1 Å². The number of nitro groups is 1. The van der Waals surface area contributed by atoms with Crippen molar-refractivity contribution >= 4 is 27.2 Å². The maximum atomic E-state index is 11.3. The van der Waals surface area contributed by atoms with Crippen LogP contribution in [0, 0.1) is 10.1 Å². The number of rotatable bonds is 6. The zero-order valence-electron chi connectivity index (χ0n) is 20.0. The number of non-ortho nitro benzene ring substituents is 1. The van der Waals surface area contributed by atoms with Gasteiger partial charge in [-0.2, -0.15) is 0 Å². The molecule has 1 fully saturated rings.